The molecule has 0 saturated carbocycles. The summed E-state index contributed by atoms with van der Waals surface area (Å²) in [6.45, 7) is 5.67. The summed E-state index contributed by atoms with van der Waals surface area (Å²) in [5.74, 6) is 0. The monoisotopic (exact) mass is 294 g/mol. The molecule has 21 heavy (non-hydrogen) atoms. The van der Waals surface area contributed by atoms with Gasteiger partial charge in [0.2, 0.25) is 0 Å². The van der Waals surface area contributed by atoms with Gasteiger partial charge in [-0.15, -0.1) is 0 Å². The Morgan fingerprint density at radius 3 is 2.38 bits per heavy atom. The average molecular weight is 294 g/mol. The maximum atomic E-state index is 5.28. The van der Waals surface area contributed by atoms with E-state index in [2.05, 4.69) is 47.5 Å². The van der Waals surface area contributed by atoms with Crippen LogP contribution in [0.4, 0.5) is 0 Å². The van der Waals surface area contributed by atoms with E-state index < -0.39 is 0 Å². The van der Waals surface area contributed by atoms with E-state index in [4.69, 9.17) is 9.47 Å². The van der Waals surface area contributed by atoms with Gasteiger partial charge in [-0.1, -0.05) is 30.3 Å². The fourth-order valence-electron chi connectivity index (χ4n) is 2.57. The molecule has 120 valence electrons. The first-order valence-corrected chi connectivity index (χ1v) is 7.67. The summed E-state index contributed by atoms with van der Waals surface area (Å²) >= 11 is 0. The van der Waals surface area contributed by atoms with Crippen molar-refractivity contribution in [3.63, 3.8) is 0 Å². The molecule has 4 nitrogen and oxygen atoms in total. The van der Waals surface area contributed by atoms with E-state index in [1.807, 2.05) is 7.05 Å². The van der Waals surface area contributed by atoms with Crippen LogP contribution in [-0.2, 0) is 9.47 Å². The molecule has 1 rings (SSSR count). The molecule has 1 N–H and O–H groups in total. The highest BCUT2D eigenvalue weighted by molar-refractivity contribution is 5.18. The summed E-state index contributed by atoms with van der Waals surface area (Å²) in [5, 5.41) is 3.41. The van der Waals surface area contributed by atoms with Gasteiger partial charge in [-0.3, -0.25) is 4.90 Å². The molecule has 2 unspecified atom stereocenters. The fourth-order valence-corrected chi connectivity index (χ4v) is 2.57. The number of methoxy groups -OCH3 is 2. The molecule has 2 atom stereocenters. The molecular formula is C17H30N2O2. The van der Waals surface area contributed by atoms with E-state index in [-0.39, 0.29) is 0 Å². The van der Waals surface area contributed by atoms with Crippen molar-refractivity contribution in [2.45, 2.75) is 25.4 Å². The molecule has 0 heterocycles. The van der Waals surface area contributed by atoms with Crippen molar-refractivity contribution >= 4 is 0 Å². The highest BCUT2D eigenvalue weighted by Gasteiger charge is 2.16. The van der Waals surface area contributed by atoms with Crippen molar-refractivity contribution in [3.05, 3.63) is 35.9 Å². The highest BCUT2D eigenvalue weighted by Crippen LogP contribution is 2.17. The van der Waals surface area contributed by atoms with Crippen molar-refractivity contribution in [2.24, 2.45) is 0 Å². The average Bonchev–Trinajstić information content (AvgIpc) is 2.52. The molecule has 0 bridgehead atoms. The van der Waals surface area contributed by atoms with Crippen LogP contribution in [0.1, 0.15) is 24.9 Å². The molecule has 1 aromatic carbocycles. The van der Waals surface area contributed by atoms with Gasteiger partial charge in [-0.2, -0.15) is 0 Å². The Kier molecular flexibility index (Phi) is 9.26. The van der Waals surface area contributed by atoms with E-state index in [9.17, 15) is 0 Å². The third-order valence-electron chi connectivity index (χ3n) is 3.87. The van der Waals surface area contributed by atoms with Crippen molar-refractivity contribution in [2.75, 3.05) is 47.6 Å². The number of rotatable bonds is 11. The smallest absolute Gasteiger partial charge is 0.0615 e. The van der Waals surface area contributed by atoms with Gasteiger partial charge >= 0.3 is 0 Å². The van der Waals surface area contributed by atoms with Crippen molar-refractivity contribution in [1.29, 1.82) is 0 Å². The van der Waals surface area contributed by atoms with Gasteiger partial charge in [0.15, 0.2) is 0 Å². The summed E-state index contributed by atoms with van der Waals surface area (Å²) in [7, 11) is 5.53. The molecular weight excluding hydrogens is 264 g/mol. The summed E-state index contributed by atoms with van der Waals surface area (Å²) in [6.07, 6.45) is 1.07. The number of hydrogen-bond acceptors (Lipinski definition) is 4. The minimum Gasteiger partial charge on any atom is -0.383 e. The Morgan fingerprint density at radius 2 is 1.81 bits per heavy atom. The van der Waals surface area contributed by atoms with Crippen LogP contribution in [0.15, 0.2) is 30.3 Å². The number of benzene rings is 1. The van der Waals surface area contributed by atoms with Gasteiger partial charge in [-0.25, -0.2) is 0 Å². The Hall–Kier alpha value is -0.940. The van der Waals surface area contributed by atoms with Gasteiger partial charge in [-0.05, 0) is 26.0 Å². The third kappa shape index (κ3) is 6.57. The number of hydrogen-bond donors (Lipinski definition) is 1. The van der Waals surface area contributed by atoms with Gasteiger partial charge in [0.05, 0.1) is 13.2 Å². The lowest BCUT2D eigenvalue weighted by Crippen LogP contribution is -2.40. The van der Waals surface area contributed by atoms with Crippen LogP contribution in [0, 0.1) is 0 Å². The van der Waals surface area contributed by atoms with E-state index in [1.54, 1.807) is 14.2 Å². The van der Waals surface area contributed by atoms with Crippen LogP contribution < -0.4 is 5.32 Å². The normalized spacial score (nSPS) is 14.3. The van der Waals surface area contributed by atoms with Crippen molar-refractivity contribution < 1.29 is 9.47 Å². The van der Waals surface area contributed by atoms with E-state index in [0.29, 0.717) is 12.1 Å². The van der Waals surface area contributed by atoms with Crippen LogP contribution >= 0.6 is 0 Å². The SMILES string of the molecule is CNC(CCN(CCOC)C(C)COC)c1ccccc1. The van der Waals surface area contributed by atoms with E-state index >= 15 is 0 Å². The predicted octanol–water partition coefficient (Wildman–Crippen LogP) is 2.32. The van der Waals surface area contributed by atoms with Crippen LogP contribution in [0.2, 0.25) is 0 Å². The zero-order valence-electron chi connectivity index (χ0n) is 13.8. The molecule has 4 heteroatoms. The Morgan fingerprint density at radius 1 is 1.10 bits per heavy atom. The van der Waals surface area contributed by atoms with Gasteiger partial charge in [0.1, 0.15) is 0 Å². The second kappa shape index (κ2) is 10.7. The third-order valence-corrected chi connectivity index (χ3v) is 3.87. The fraction of sp³-hybridized carbons (Fsp3) is 0.647. The maximum absolute atomic E-state index is 5.28. The molecule has 0 aliphatic heterocycles. The first-order chi connectivity index (χ1) is 10.2. The molecule has 0 aliphatic rings. The standard InChI is InChI=1S/C17H30N2O2/c1-15(14-21-4)19(12-13-20-3)11-10-17(18-2)16-8-6-5-7-9-16/h5-9,15,17-18H,10-14H2,1-4H3. The van der Waals surface area contributed by atoms with E-state index in [0.717, 1.165) is 32.7 Å². The minimum atomic E-state index is 0.381. The molecule has 0 aromatic heterocycles. The van der Waals surface area contributed by atoms with Crippen molar-refractivity contribution in [1.82, 2.24) is 10.2 Å². The topological polar surface area (TPSA) is 33.7 Å². The molecule has 0 radical (unpaired) electrons. The molecule has 0 aliphatic carbocycles. The lowest BCUT2D eigenvalue weighted by Gasteiger charge is -2.30. The Balaban J connectivity index is 2.56. The van der Waals surface area contributed by atoms with E-state index in [1.165, 1.54) is 5.56 Å². The molecule has 0 spiro atoms. The maximum Gasteiger partial charge on any atom is 0.0615 e. The van der Waals surface area contributed by atoms with Crippen LogP contribution in [0.3, 0.4) is 0 Å². The lowest BCUT2D eigenvalue weighted by atomic mass is 10.0. The quantitative estimate of drug-likeness (QED) is 0.679. The van der Waals surface area contributed by atoms with Crippen LogP contribution in [-0.4, -0.2) is 58.5 Å². The second-order valence-electron chi connectivity index (χ2n) is 5.37. The number of nitrogens with one attached hydrogen (secondary N) is 1. The molecule has 0 amide bonds. The highest BCUT2D eigenvalue weighted by atomic mass is 16.5. The zero-order valence-corrected chi connectivity index (χ0v) is 13.8. The van der Waals surface area contributed by atoms with Crippen LogP contribution in [0.25, 0.3) is 0 Å². The molecule has 0 saturated heterocycles. The zero-order chi connectivity index (χ0) is 15.5. The van der Waals surface area contributed by atoms with Crippen molar-refractivity contribution in [3.8, 4) is 0 Å². The number of ether oxygens (including phenoxy) is 2. The van der Waals surface area contributed by atoms with Gasteiger partial charge in [0, 0.05) is 39.4 Å². The Labute approximate surface area is 129 Å². The predicted molar refractivity (Wildman–Crippen MR) is 87.6 cm³/mol. The summed E-state index contributed by atoms with van der Waals surface area (Å²) in [5.41, 5.74) is 1.34. The van der Waals surface area contributed by atoms with Gasteiger partial charge < -0.3 is 14.8 Å². The lowest BCUT2D eigenvalue weighted by molar-refractivity contribution is 0.0726. The van der Waals surface area contributed by atoms with Gasteiger partial charge in [0.25, 0.3) is 0 Å². The number of nitrogens with zero attached hydrogens (tertiary/aromatic N) is 1. The Bertz CT molecular complexity index is 359. The summed E-state index contributed by atoms with van der Waals surface area (Å²) in [6, 6.07) is 11.4. The van der Waals surface area contributed by atoms with Crippen LogP contribution in [0.5, 0.6) is 0 Å². The minimum absolute atomic E-state index is 0.381. The summed E-state index contributed by atoms with van der Waals surface area (Å²) in [4.78, 5) is 2.43. The largest absolute Gasteiger partial charge is 0.383 e. The molecule has 1 aromatic rings. The molecule has 0 fully saturated rings. The second-order valence-corrected chi connectivity index (χ2v) is 5.37. The first kappa shape index (κ1) is 18.1. The summed E-state index contributed by atoms with van der Waals surface area (Å²) < 4.78 is 10.5. The first-order valence-electron chi connectivity index (χ1n) is 7.67.